The van der Waals surface area contributed by atoms with E-state index in [-0.39, 0.29) is 4.83 Å². The summed E-state index contributed by atoms with van der Waals surface area (Å²) in [5.74, 6) is 0. The lowest BCUT2D eigenvalue weighted by atomic mass is 10.1. The largest absolute Gasteiger partial charge is 0.130 e. The lowest BCUT2D eigenvalue weighted by Gasteiger charge is -2.09. The average molecular weight is 459 g/mol. The van der Waals surface area contributed by atoms with Crippen molar-refractivity contribution in [2.24, 2.45) is 0 Å². The molecule has 17 heavy (non-hydrogen) atoms. The third kappa shape index (κ3) is 3.16. The summed E-state index contributed by atoms with van der Waals surface area (Å²) in [5.41, 5.74) is 2.45. The molecule has 0 radical (unpaired) electrons. The van der Waals surface area contributed by atoms with Crippen LogP contribution in [-0.4, -0.2) is 0 Å². The van der Waals surface area contributed by atoms with Crippen molar-refractivity contribution in [2.75, 3.05) is 0 Å². The summed E-state index contributed by atoms with van der Waals surface area (Å²) in [6.45, 7) is 2.08. The van der Waals surface area contributed by atoms with E-state index in [0.29, 0.717) is 0 Å². The van der Waals surface area contributed by atoms with Crippen LogP contribution >= 0.6 is 70.7 Å². The molecule has 1 unspecified atom stereocenters. The van der Waals surface area contributed by atoms with E-state index in [0.717, 1.165) is 13.3 Å². The first kappa shape index (κ1) is 14.1. The second kappa shape index (κ2) is 5.74. The van der Waals surface area contributed by atoms with Gasteiger partial charge in [-0.2, -0.15) is 0 Å². The van der Waals surface area contributed by atoms with Gasteiger partial charge in [-0.15, -0.1) is 11.3 Å². The number of aryl methyl sites for hydroxylation is 1. The molecule has 0 saturated carbocycles. The van der Waals surface area contributed by atoms with Crippen LogP contribution in [0.15, 0.2) is 32.5 Å². The monoisotopic (exact) mass is 456 g/mol. The molecule has 0 nitrogen and oxygen atoms in total. The van der Waals surface area contributed by atoms with Gasteiger partial charge in [0.15, 0.2) is 0 Å². The molecule has 1 aromatic heterocycles. The summed E-state index contributed by atoms with van der Waals surface area (Å²) in [4.78, 5) is 1.37. The second-order valence-electron chi connectivity index (χ2n) is 3.64. The van der Waals surface area contributed by atoms with Crippen molar-refractivity contribution in [3.05, 3.63) is 53.6 Å². The van der Waals surface area contributed by atoms with Gasteiger partial charge in [0.25, 0.3) is 0 Å². The molecule has 0 bridgehead atoms. The fraction of sp³-hybridized carbons (Fsp3) is 0.167. The maximum absolute atomic E-state index is 6.05. The molecular weight excluding hydrogens is 451 g/mol. The molecule has 5 heteroatoms. The molecule has 0 N–H and O–H groups in total. The quantitative estimate of drug-likeness (QED) is 0.438. The van der Waals surface area contributed by atoms with Crippen LogP contribution in [0.25, 0.3) is 0 Å². The normalized spacial score (nSPS) is 12.8. The molecule has 0 aliphatic rings. The molecule has 0 aliphatic carbocycles. The van der Waals surface area contributed by atoms with Gasteiger partial charge in [-0.3, -0.25) is 0 Å². The topological polar surface area (TPSA) is 0 Å². The summed E-state index contributed by atoms with van der Waals surface area (Å²) >= 11 is 18.4. The Balaban J connectivity index is 2.36. The first-order chi connectivity index (χ1) is 7.99. The highest BCUT2D eigenvalue weighted by molar-refractivity contribution is 9.11. The van der Waals surface area contributed by atoms with Gasteiger partial charge >= 0.3 is 0 Å². The van der Waals surface area contributed by atoms with Crippen molar-refractivity contribution in [1.29, 1.82) is 0 Å². The van der Waals surface area contributed by atoms with Crippen LogP contribution < -0.4 is 0 Å². The molecule has 2 aromatic rings. The van der Waals surface area contributed by atoms with E-state index in [1.807, 2.05) is 6.07 Å². The Morgan fingerprint density at radius 2 is 1.94 bits per heavy atom. The van der Waals surface area contributed by atoms with Crippen molar-refractivity contribution < 1.29 is 0 Å². The van der Waals surface area contributed by atoms with E-state index in [2.05, 4.69) is 72.9 Å². The van der Waals surface area contributed by atoms with Gasteiger partial charge in [0, 0.05) is 9.35 Å². The van der Waals surface area contributed by atoms with Crippen LogP contribution in [0.1, 0.15) is 20.8 Å². The number of rotatable bonds is 2. The van der Waals surface area contributed by atoms with E-state index in [9.17, 15) is 0 Å². The van der Waals surface area contributed by atoms with Crippen molar-refractivity contribution in [3.63, 3.8) is 0 Å². The number of hydrogen-bond acceptors (Lipinski definition) is 1. The van der Waals surface area contributed by atoms with E-state index in [1.54, 1.807) is 11.3 Å². The molecule has 0 aliphatic heterocycles. The molecule has 0 saturated heterocycles. The molecule has 1 atom stereocenters. The number of hydrogen-bond donors (Lipinski definition) is 0. The molecule has 1 aromatic carbocycles. The Labute approximate surface area is 135 Å². The third-order valence-corrected chi connectivity index (χ3v) is 7.12. The number of thiophene rings is 1. The molecule has 90 valence electrons. The fourth-order valence-corrected chi connectivity index (χ4v) is 4.27. The van der Waals surface area contributed by atoms with E-state index in [4.69, 9.17) is 11.6 Å². The highest BCUT2D eigenvalue weighted by Gasteiger charge is 2.15. The van der Waals surface area contributed by atoms with E-state index < -0.39 is 0 Å². The minimum absolute atomic E-state index is 0.174. The second-order valence-corrected chi connectivity index (χ2v) is 8.22. The minimum atomic E-state index is 0.174. The standard InChI is InChI=1S/C12H8Br3ClS/c1-6-2-3-7(4-8(6)13)11(14)10-5-9(16)12(15)17-10/h2-5,11H,1H3. The van der Waals surface area contributed by atoms with Crippen LogP contribution in [0.4, 0.5) is 0 Å². The number of halogens is 4. The van der Waals surface area contributed by atoms with Crippen LogP contribution in [0.5, 0.6) is 0 Å². The molecule has 1 heterocycles. The van der Waals surface area contributed by atoms with Gasteiger partial charge < -0.3 is 0 Å². The first-order valence-electron chi connectivity index (χ1n) is 4.84. The lowest BCUT2D eigenvalue weighted by molar-refractivity contribution is 1.21. The Hall–Kier alpha value is 0.650. The van der Waals surface area contributed by atoms with Gasteiger partial charge in [-0.1, -0.05) is 55.6 Å². The summed E-state index contributed by atoms with van der Waals surface area (Å²) in [6, 6.07) is 8.36. The van der Waals surface area contributed by atoms with Crippen LogP contribution in [0.3, 0.4) is 0 Å². The number of alkyl halides is 1. The highest BCUT2D eigenvalue weighted by Crippen LogP contribution is 2.41. The van der Waals surface area contributed by atoms with Gasteiger partial charge in [0.2, 0.25) is 0 Å². The Bertz CT molecular complexity index is 531. The maximum Gasteiger partial charge on any atom is 0.0887 e. The zero-order valence-electron chi connectivity index (χ0n) is 8.81. The van der Waals surface area contributed by atoms with Crippen molar-refractivity contribution in [1.82, 2.24) is 0 Å². The molecule has 0 spiro atoms. The molecule has 0 fully saturated rings. The summed E-state index contributed by atoms with van der Waals surface area (Å²) in [7, 11) is 0. The SMILES string of the molecule is Cc1ccc(C(Br)c2cc(Cl)c(Br)s2)cc1Br. The third-order valence-electron chi connectivity index (χ3n) is 2.40. The Morgan fingerprint density at radius 3 is 2.47 bits per heavy atom. The average Bonchev–Trinajstić information content (AvgIpc) is 2.62. The van der Waals surface area contributed by atoms with E-state index >= 15 is 0 Å². The highest BCUT2D eigenvalue weighted by atomic mass is 79.9. The first-order valence-corrected chi connectivity index (χ1v) is 8.53. The van der Waals surface area contributed by atoms with Gasteiger partial charge in [0.05, 0.1) is 13.6 Å². The minimum Gasteiger partial charge on any atom is -0.130 e. The maximum atomic E-state index is 6.05. The Morgan fingerprint density at radius 1 is 1.24 bits per heavy atom. The molecule has 2 rings (SSSR count). The fourth-order valence-electron chi connectivity index (χ4n) is 1.42. The zero-order chi connectivity index (χ0) is 12.6. The summed E-state index contributed by atoms with van der Waals surface area (Å²) in [5, 5.41) is 0.764. The van der Waals surface area contributed by atoms with Crippen LogP contribution in [-0.2, 0) is 0 Å². The Kier molecular flexibility index (Phi) is 4.75. The van der Waals surface area contributed by atoms with Crippen molar-refractivity contribution in [2.45, 2.75) is 11.8 Å². The molecular formula is C12H8Br3ClS. The van der Waals surface area contributed by atoms with Crippen LogP contribution in [0.2, 0.25) is 5.02 Å². The predicted octanol–water partition coefficient (Wildman–Crippen LogP) is 6.72. The zero-order valence-corrected chi connectivity index (χ0v) is 15.1. The van der Waals surface area contributed by atoms with Gasteiger partial charge in [0.1, 0.15) is 0 Å². The smallest absolute Gasteiger partial charge is 0.0887 e. The van der Waals surface area contributed by atoms with Crippen LogP contribution in [0, 0.1) is 6.92 Å². The predicted molar refractivity (Wildman–Crippen MR) is 86.7 cm³/mol. The van der Waals surface area contributed by atoms with Gasteiger partial charge in [-0.05, 0) is 46.1 Å². The van der Waals surface area contributed by atoms with Crippen molar-refractivity contribution in [3.8, 4) is 0 Å². The summed E-state index contributed by atoms with van der Waals surface area (Å²) < 4.78 is 2.10. The van der Waals surface area contributed by atoms with Crippen molar-refractivity contribution >= 4 is 70.7 Å². The molecule has 0 amide bonds. The van der Waals surface area contributed by atoms with E-state index in [1.165, 1.54) is 16.0 Å². The summed E-state index contributed by atoms with van der Waals surface area (Å²) in [6.07, 6.45) is 0. The lowest BCUT2D eigenvalue weighted by Crippen LogP contribution is -1.90. The number of benzene rings is 1. The van der Waals surface area contributed by atoms with Gasteiger partial charge in [-0.25, -0.2) is 0 Å².